The van der Waals surface area contributed by atoms with Crippen molar-refractivity contribution in [3.63, 3.8) is 0 Å². The van der Waals surface area contributed by atoms with E-state index in [0.29, 0.717) is 22.5 Å². The molecule has 0 spiro atoms. The number of nitrogens with two attached hydrogens (primary N) is 1. The van der Waals surface area contributed by atoms with Gasteiger partial charge in [-0.3, -0.25) is 0 Å². The van der Waals surface area contributed by atoms with E-state index in [0.717, 1.165) is 34.9 Å². The molecule has 1 heterocycles. The van der Waals surface area contributed by atoms with Crippen LogP contribution in [-0.4, -0.2) is 28.1 Å². The van der Waals surface area contributed by atoms with Crippen molar-refractivity contribution in [1.82, 2.24) is 15.0 Å². The smallest absolute Gasteiger partial charge is 0.328 e. The lowest BCUT2D eigenvalue weighted by Crippen LogP contribution is -2.32. The van der Waals surface area contributed by atoms with Gasteiger partial charge in [-0.1, -0.05) is 37.3 Å². The standard InChI is InChI=1S/C23H25ClIN5O2/c1-31-20-13-10-17(14-19(20)24)30(16-6-4-2-3-5-7-16)22-27-21(26)28-23(29-22)32-18-11-8-15(25)9-12-18/h8-14,16H,2-7H2,1H3,(H2,26,27,28,29). The first-order valence-electron chi connectivity index (χ1n) is 10.6. The molecule has 2 N–H and O–H groups in total. The second-order valence-corrected chi connectivity index (χ2v) is 9.32. The monoisotopic (exact) mass is 565 g/mol. The van der Waals surface area contributed by atoms with Crippen molar-refractivity contribution in [1.29, 1.82) is 0 Å². The number of nitrogen functional groups attached to an aromatic ring is 1. The average Bonchev–Trinajstić information content (AvgIpc) is 3.05. The van der Waals surface area contributed by atoms with E-state index < -0.39 is 0 Å². The number of hydrogen-bond donors (Lipinski definition) is 1. The summed E-state index contributed by atoms with van der Waals surface area (Å²) in [7, 11) is 1.60. The highest BCUT2D eigenvalue weighted by molar-refractivity contribution is 14.1. The molecule has 0 amide bonds. The zero-order chi connectivity index (χ0) is 22.5. The van der Waals surface area contributed by atoms with Crippen LogP contribution in [0.15, 0.2) is 42.5 Å². The number of ether oxygens (including phenoxy) is 2. The van der Waals surface area contributed by atoms with Crippen LogP contribution in [0.25, 0.3) is 0 Å². The van der Waals surface area contributed by atoms with E-state index >= 15 is 0 Å². The number of hydrogen-bond acceptors (Lipinski definition) is 7. The lowest BCUT2D eigenvalue weighted by atomic mass is 10.1. The summed E-state index contributed by atoms with van der Waals surface area (Å²) in [5.74, 6) is 1.81. The van der Waals surface area contributed by atoms with Crippen molar-refractivity contribution in [3.8, 4) is 17.5 Å². The lowest BCUT2D eigenvalue weighted by Gasteiger charge is -2.31. The summed E-state index contributed by atoms with van der Waals surface area (Å²) in [6, 6.07) is 13.7. The van der Waals surface area contributed by atoms with E-state index in [9.17, 15) is 0 Å². The maximum Gasteiger partial charge on any atom is 0.328 e. The van der Waals surface area contributed by atoms with Crippen LogP contribution in [0.3, 0.4) is 0 Å². The number of nitrogens with zero attached hydrogens (tertiary/aromatic N) is 4. The Hall–Kier alpha value is -2.33. The molecule has 9 heteroatoms. The molecule has 32 heavy (non-hydrogen) atoms. The van der Waals surface area contributed by atoms with Gasteiger partial charge in [-0.25, -0.2) is 0 Å². The zero-order valence-corrected chi connectivity index (χ0v) is 20.7. The first-order chi connectivity index (χ1) is 15.5. The third-order valence-electron chi connectivity index (χ3n) is 5.46. The summed E-state index contributed by atoms with van der Waals surface area (Å²) in [4.78, 5) is 15.4. The van der Waals surface area contributed by atoms with Gasteiger partial charge in [0.15, 0.2) is 0 Å². The Balaban J connectivity index is 1.73. The molecule has 168 valence electrons. The fraction of sp³-hybridized carbons (Fsp3) is 0.348. The van der Waals surface area contributed by atoms with E-state index in [1.807, 2.05) is 42.5 Å². The molecule has 1 aliphatic carbocycles. The van der Waals surface area contributed by atoms with Gasteiger partial charge < -0.3 is 20.1 Å². The first-order valence-corrected chi connectivity index (χ1v) is 12.1. The molecular formula is C23H25ClIN5O2. The predicted octanol–water partition coefficient (Wildman–Crippen LogP) is 6.37. The van der Waals surface area contributed by atoms with Crippen LogP contribution >= 0.6 is 34.2 Å². The fourth-order valence-electron chi connectivity index (χ4n) is 3.93. The van der Waals surface area contributed by atoms with E-state index in [2.05, 4.69) is 42.4 Å². The van der Waals surface area contributed by atoms with E-state index in [4.69, 9.17) is 26.8 Å². The topological polar surface area (TPSA) is 86.4 Å². The summed E-state index contributed by atoms with van der Waals surface area (Å²) in [5, 5.41) is 0.529. The second kappa shape index (κ2) is 10.5. The minimum absolute atomic E-state index is 0.105. The number of anilines is 3. The highest BCUT2D eigenvalue weighted by atomic mass is 127. The second-order valence-electron chi connectivity index (χ2n) is 7.67. The molecule has 0 atom stereocenters. The summed E-state index contributed by atoms with van der Waals surface area (Å²) >= 11 is 8.71. The first kappa shape index (κ1) is 22.8. The lowest BCUT2D eigenvalue weighted by molar-refractivity contribution is 0.415. The van der Waals surface area contributed by atoms with Crippen LogP contribution in [0.5, 0.6) is 17.5 Å². The third kappa shape index (κ3) is 5.53. The fourth-order valence-corrected chi connectivity index (χ4v) is 4.54. The Morgan fingerprint density at radius 2 is 1.72 bits per heavy atom. The third-order valence-corrected chi connectivity index (χ3v) is 6.48. The molecule has 3 aromatic rings. The van der Waals surface area contributed by atoms with Crippen molar-refractivity contribution in [3.05, 3.63) is 51.1 Å². The maximum atomic E-state index is 6.46. The van der Waals surface area contributed by atoms with Gasteiger partial charge in [-0.15, -0.1) is 0 Å². The number of aromatic nitrogens is 3. The molecule has 1 fully saturated rings. The minimum Gasteiger partial charge on any atom is -0.495 e. The minimum atomic E-state index is 0.105. The van der Waals surface area contributed by atoms with Crippen molar-refractivity contribution >= 4 is 51.8 Å². The number of halogens is 2. The molecular weight excluding hydrogens is 541 g/mol. The van der Waals surface area contributed by atoms with Gasteiger partial charge in [-0.2, -0.15) is 15.0 Å². The SMILES string of the molecule is COc1ccc(N(c2nc(N)nc(Oc3ccc(I)cc3)n2)C2CCCCCC2)cc1Cl. The molecule has 0 unspecified atom stereocenters. The Labute approximate surface area is 206 Å². The Kier molecular flexibility index (Phi) is 7.51. The van der Waals surface area contributed by atoms with Gasteiger partial charge in [0.05, 0.1) is 12.1 Å². The van der Waals surface area contributed by atoms with Gasteiger partial charge in [0.2, 0.25) is 11.9 Å². The van der Waals surface area contributed by atoms with Crippen molar-refractivity contribution in [2.24, 2.45) is 0 Å². The summed E-state index contributed by atoms with van der Waals surface area (Å²) in [6.45, 7) is 0. The van der Waals surface area contributed by atoms with E-state index in [-0.39, 0.29) is 18.0 Å². The van der Waals surface area contributed by atoms with Crippen molar-refractivity contribution < 1.29 is 9.47 Å². The quantitative estimate of drug-likeness (QED) is 0.274. The number of methoxy groups -OCH3 is 1. The van der Waals surface area contributed by atoms with Gasteiger partial charge in [0, 0.05) is 15.3 Å². The molecule has 0 saturated heterocycles. The van der Waals surface area contributed by atoms with Crippen LogP contribution in [0, 0.1) is 3.57 Å². The van der Waals surface area contributed by atoms with Crippen LogP contribution in [0.4, 0.5) is 17.6 Å². The Bertz CT molecular complexity index is 1060. The molecule has 2 aromatic carbocycles. The van der Waals surface area contributed by atoms with Crippen molar-refractivity contribution in [2.75, 3.05) is 17.7 Å². The van der Waals surface area contributed by atoms with Gasteiger partial charge in [-0.05, 0) is 77.9 Å². The van der Waals surface area contributed by atoms with E-state index in [1.165, 1.54) is 12.8 Å². The molecule has 1 aromatic heterocycles. The van der Waals surface area contributed by atoms with Crippen LogP contribution in [0.1, 0.15) is 38.5 Å². The molecule has 1 aliphatic rings. The molecule has 1 saturated carbocycles. The average molecular weight is 566 g/mol. The van der Waals surface area contributed by atoms with Gasteiger partial charge >= 0.3 is 6.01 Å². The molecule has 4 rings (SSSR count). The molecule has 0 radical (unpaired) electrons. The highest BCUT2D eigenvalue weighted by Gasteiger charge is 2.26. The molecule has 0 aliphatic heterocycles. The Morgan fingerprint density at radius 1 is 1.00 bits per heavy atom. The number of benzene rings is 2. The summed E-state index contributed by atoms with van der Waals surface area (Å²) < 4.78 is 12.3. The van der Waals surface area contributed by atoms with Crippen LogP contribution in [0.2, 0.25) is 5.02 Å². The normalized spacial score (nSPS) is 14.6. The summed E-state index contributed by atoms with van der Waals surface area (Å²) in [6.07, 6.45) is 6.82. The van der Waals surface area contributed by atoms with E-state index in [1.54, 1.807) is 7.11 Å². The van der Waals surface area contributed by atoms with Gasteiger partial charge in [0.25, 0.3) is 0 Å². The van der Waals surface area contributed by atoms with Crippen LogP contribution in [-0.2, 0) is 0 Å². The largest absolute Gasteiger partial charge is 0.495 e. The summed E-state index contributed by atoms with van der Waals surface area (Å²) in [5.41, 5.74) is 6.96. The molecule has 7 nitrogen and oxygen atoms in total. The maximum absolute atomic E-state index is 6.46. The van der Waals surface area contributed by atoms with Crippen molar-refractivity contribution in [2.45, 2.75) is 44.6 Å². The predicted molar refractivity (Wildman–Crippen MR) is 135 cm³/mol. The Morgan fingerprint density at radius 3 is 2.38 bits per heavy atom. The van der Waals surface area contributed by atoms with Crippen LogP contribution < -0.4 is 20.1 Å². The number of rotatable bonds is 6. The van der Waals surface area contributed by atoms with Gasteiger partial charge in [0.1, 0.15) is 11.5 Å². The highest BCUT2D eigenvalue weighted by Crippen LogP contribution is 2.36. The zero-order valence-electron chi connectivity index (χ0n) is 17.8. The molecule has 0 bridgehead atoms.